The van der Waals surface area contributed by atoms with E-state index >= 15 is 0 Å². The van der Waals surface area contributed by atoms with E-state index < -0.39 is 0 Å². The molecule has 0 spiro atoms. The van der Waals surface area contributed by atoms with E-state index in [9.17, 15) is 0 Å². The van der Waals surface area contributed by atoms with Gasteiger partial charge >= 0.3 is 0 Å². The maximum absolute atomic E-state index is 3.45. The van der Waals surface area contributed by atoms with Gasteiger partial charge in [-0.1, -0.05) is 6.07 Å². The Kier molecular flexibility index (Phi) is 2.08. The first-order valence-corrected chi connectivity index (χ1v) is 5.95. The molecule has 0 aliphatic heterocycles. The van der Waals surface area contributed by atoms with Crippen LogP contribution in [0.15, 0.2) is 30.5 Å². The first-order valence-electron chi connectivity index (χ1n) is 5.95. The Balaban J connectivity index is 1.93. The van der Waals surface area contributed by atoms with Crippen LogP contribution in [-0.4, -0.2) is 17.2 Å². The minimum atomic E-state index is 0.405. The predicted octanol–water partition coefficient (Wildman–Crippen LogP) is 2.47. The molecule has 0 atom stereocenters. The third-order valence-electron chi connectivity index (χ3n) is 3.88. The van der Waals surface area contributed by atoms with Crippen molar-refractivity contribution in [3.8, 4) is 0 Å². The average Bonchev–Trinajstić information content (AvgIpc) is 2.98. The molecule has 1 aromatic carbocycles. The number of hydrogen-bond donors (Lipinski definition) is 1. The number of hydrogen-bond acceptors (Lipinski definition) is 1. The van der Waals surface area contributed by atoms with Crippen molar-refractivity contribution in [2.75, 3.05) is 7.05 Å². The number of nitrogens with one attached hydrogen (secondary N) is 1. The molecule has 1 saturated carbocycles. The van der Waals surface area contributed by atoms with Crippen LogP contribution in [0.1, 0.15) is 18.4 Å². The Hall–Kier alpha value is -1.28. The third kappa shape index (κ3) is 1.54. The van der Waals surface area contributed by atoms with Crippen molar-refractivity contribution in [3.63, 3.8) is 0 Å². The summed E-state index contributed by atoms with van der Waals surface area (Å²) in [6.45, 7) is 0. The molecule has 2 aromatic rings. The van der Waals surface area contributed by atoms with E-state index in [4.69, 9.17) is 0 Å². The van der Waals surface area contributed by atoms with Gasteiger partial charge < -0.3 is 9.88 Å². The summed E-state index contributed by atoms with van der Waals surface area (Å²) in [5, 5.41) is 4.80. The van der Waals surface area contributed by atoms with Crippen LogP contribution < -0.4 is 5.32 Å². The summed E-state index contributed by atoms with van der Waals surface area (Å²) < 4.78 is 2.17. The lowest BCUT2D eigenvalue weighted by atomic mass is 10.0. The second kappa shape index (κ2) is 3.36. The summed E-state index contributed by atoms with van der Waals surface area (Å²) in [4.78, 5) is 0. The fraction of sp³-hybridized carbons (Fsp3) is 0.429. The summed E-state index contributed by atoms with van der Waals surface area (Å²) in [7, 11) is 4.17. The van der Waals surface area contributed by atoms with Crippen LogP contribution in [-0.2, 0) is 13.5 Å². The van der Waals surface area contributed by atoms with Crippen molar-refractivity contribution in [2.24, 2.45) is 7.05 Å². The molecule has 0 bridgehead atoms. The maximum atomic E-state index is 3.45. The lowest BCUT2D eigenvalue weighted by Crippen LogP contribution is -2.29. The molecule has 84 valence electrons. The van der Waals surface area contributed by atoms with Gasteiger partial charge in [-0.3, -0.25) is 0 Å². The van der Waals surface area contributed by atoms with E-state index in [-0.39, 0.29) is 0 Å². The molecular weight excluding hydrogens is 196 g/mol. The first-order chi connectivity index (χ1) is 7.72. The number of likely N-dealkylation sites (N-methyl/N-ethyl adjacent to an activating group) is 1. The van der Waals surface area contributed by atoms with E-state index in [2.05, 4.69) is 54.4 Å². The van der Waals surface area contributed by atoms with Crippen molar-refractivity contribution >= 4 is 10.9 Å². The summed E-state index contributed by atoms with van der Waals surface area (Å²) in [6, 6.07) is 9.01. The molecule has 1 heterocycles. The Morgan fingerprint density at radius 3 is 2.81 bits per heavy atom. The molecule has 1 aliphatic rings. The highest BCUT2D eigenvalue weighted by molar-refractivity contribution is 5.80. The van der Waals surface area contributed by atoms with Crippen LogP contribution in [0.5, 0.6) is 0 Å². The Bertz CT molecular complexity index is 521. The number of aryl methyl sites for hydroxylation is 1. The maximum Gasteiger partial charge on any atom is 0.0477 e. The quantitative estimate of drug-likeness (QED) is 0.830. The predicted molar refractivity (Wildman–Crippen MR) is 67.6 cm³/mol. The minimum absolute atomic E-state index is 0.405. The molecule has 16 heavy (non-hydrogen) atoms. The molecular formula is C14H18N2. The molecule has 2 heteroatoms. The number of aromatic nitrogens is 1. The van der Waals surface area contributed by atoms with Gasteiger partial charge in [0.15, 0.2) is 0 Å². The van der Waals surface area contributed by atoms with Gasteiger partial charge in [-0.25, -0.2) is 0 Å². The van der Waals surface area contributed by atoms with Gasteiger partial charge in [-0.05, 0) is 55.5 Å². The normalized spacial score (nSPS) is 17.9. The van der Waals surface area contributed by atoms with E-state index in [1.165, 1.54) is 29.3 Å². The number of fused-ring (bicyclic) bond motifs is 1. The summed E-state index contributed by atoms with van der Waals surface area (Å²) >= 11 is 0. The molecule has 1 N–H and O–H groups in total. The van der Waals surface area contributed by atoms with Gasteiger partial charge in [-0.2, -0.15) is 0 Å². The standard InChI is InChI=1S/C14H18N2/c1-15-14(6-7-14)10-11-3-4-13-12(9-11)5-8-16(13)2/h3-5,8-9,15H,6-7,10H2,1-2H3. The van der Waals surface area contributed by atoms with Crippen molar-refractivity contribution < 1.29 is 0 Å². The molecule has 1 aromatic heterocycles. The van der Waals surface area contributed by atoms with Gasteiger partial charge in [0.1, 0.15) is 0 Å². The van der Waals surface area contributed by atoms with Crippen molar-refractivity contribution in [3.05, 3.63) is 36.0 Å². The Morgan fingerprint density at radius 2 is 2.12 bits per heavy atom. The second-order valence-electron chi connectivity index (χ2n) is 5.03. The monoisotopic (exact) mass is 214 g/mol. The summed E-state index contributed by atoms with van der Waals surface area (Å²) in [5.74, 6) is 0. The molecule has 3 rings (SSSR count). The van der Waals surface area contributed by atoms with E-state index in [1.54, 1.807) is 0 Å². The fourth-order valence-corrected chi connectivity index (χ4v) is 2.50. The van der Waals surface area contributed by atoms with Gasteiger partial charge in [0.2, 0.25) is 0 Å². The smallest absolute Gasteiger partial charge is 0.0477 e. The molecule has 0 saturated heterocycles. The van der Waals surface area contributed by atoms with Crippen molar-refractivity contribution in [1.29, 1.82) is 0 Å². The molecule has 1 fully saturated rings. The number of benzene rings is 1. The average molecular weight is 214 g/mol. The molecule has 0 amide bonds. The topological polar surface area (TPSA) is 17.0 Å². The van der Waals surface area contributed by atoms with Gasteiger partial charge in [0.05, 0.1) is 0 Å². The van der Waals surface area contributed by atoms with Crippen LogP contribution in [0, 0.1) is 0 Å². The highest BCUT2D eigenvalue weighted by Crippen LogP contribution is 2.38. The molecule has 2 nitrogen and oxygen atoms in total. The van der Waals surface area contributed by atoms with Crippen LogP contribution in [0.25, 0.3) is 10.9 Å². The minimum Gasteiger partial charge on any atom is -0.351 e. The SMILES string of the molecule is CNC1(Cc2ccc3c(ccn3C)c2)CC1. The molecule has 0 radical (unpaired) electrons. The van der Waals surface area contributed by atoms with Crippen LogP contribution in [0.4, 0.5) is 0 Å². The van der Waals surface area contributed by atoms with Crippen LogP contribution in [0.2, 0.25) is 0 Å². The largest absolute Gasteiger partial charge is 0.351 e. The van der Waals surface area contributed by atoms with Crippen LogP contribution >= 0.6 is 0 Å². The van der Waals surface area contributed by atoms with E-state index in [1.807, 2.05) is 0 Å². The zero-order valence-electron chi connectivity index (χ0n) is 9.96. The van der Waals surface area contributed by atoms with Crippen molar-refractivity contribution in [1.82, 2.24) is 9.88 Å². The van der Waals surface area contributed by atoms with Crippen LogP contribution in [0.3, 0.4) is 0 Å². The number of rotatable bonds is 3. The lowest BCUT2D eigenvalue weighted by Gasteiger charge is -2.13. The zero-order chi connectivity index (χ0) is 11.2. The summed E-state index contributed by atoms with van der Waals surface area (Å²) in [6.07, 6.45) is 5.92. The number of nitrogens with zero attached hydrogens (tertiary/aromatic N) is 1. The second-order valence-corrected chi connectivity index (χ2v) is 5.03. The molecule has 1 aliphatic carbocycles. The Morgan fingerprint density at radius 1 is 1.31 bits per heavy atom. The van der Waals surface area contributed by atoms with Gasteiger partial charge in [0.25, 0.3) is 0 Å². The first kappa shape index (κ1) is 9.91. The van der Waals surface area contributed by atoms with Crippen molar-refractivity contribution in [2.45, 2.75) is 24.8 Å². The van der Waals surface area contributed by atoms with E-state index in [0.29, 0.717) is 5.54 Å². The third-order valence-corrected chi connectivity index (χ3v) is 3.88. The lowest BCUT2D eigenvalue weighted by molar-refractivity contribution is 0.549. The highest BCUT2D eigenvalue weighted by atomic mass is 15.0. The highest BCUT2D eigenvalue weighted by Gasteiger charge is 2.40. The summed E-state index contributed by atoms with van der Waals surface area (Å²) in [5.41, 5.74) is 3.17. The van der Waals surface area contributed by atoms with Gasteiger partial charge in [-0.15, -0.1) is 0 Å². The van der Waals surface area contributed by atoms with Gasteiger partial charge in [0, 0.05) is 24.3 Å². The zero-order valence-corrected chi connectivity index (χ0v) is 9.96. The van der Waals surface area contributed by atoms with E-state index in [0.717, 1.165) is 6.42 Å². The molecule has 0 unspecified atom stereocenters. The Labute approximate surface area is 96.3 Å². The fourth-order valence-electron chi connectivity index (χ4n) is 2.50.